The fourth-order valence-electron chi connectivity index (χ4n) is 4.30. The van der Waals surface area contributed by atoms with Gasteiger partial charge in [-0.3, -0.25) is 9.69 Å². The molecule has 144 valence electrons. The average Bonchev–Trinajstić information content (AvgIpc) is 3.18. The lowest BCUT2D eigenvalue weighted by Crippen LogP contribution is -2.39. The van der Waals surface area contributed by atoms with Crippen molar-refractivity contribution in [1.29, 1.82) is 0 Å². The van der Waals surface area contributed by atoms with Gasteiger partial charge in [0.05, 0.1) is 13.2 Å². The van der Waals surface area contributed by atoms with Gasteiger partial charge in [0.15, 0.2) is 0 Å². The second kappa shape index (κ2) is 7.60. The summed E-state index contributed by atoms with van der Waals surface area (Å²) in [7, 11) is 1.55. The third kappa shape index (κ3) is 3.22. The van der Waals surface area contributed by atoms with Gasteiger partial charge in [0.1, 0.15) is 17.6 Å². The third-order valence-electron chi connectivity index (χ3n) is 5.52. The van der Waals surface area contributed by atoms with E-state index in [0.29, 0.717) is 24.3 Å². The number of nitrogens with zero attached hydrogens (tertiary/aromatic N) is 1. The highest BCUT2D eigenvalue weighted by molar-refractivity contribution is 5.86. The summed E-state index contributed by atoms with van der Waals surface area (Å²) in [6, 6.07) is 17.4. The summed E-state index contributed by atoms with van der Waals surface area (Å²) in [5.74, 6) is -0.666. The molecule has 1 aliphatic heterocycles. The van der Waals surface area contributed by atoms with E-state index in [1.807, 2.05) is 47.4 Å². The number of fused-ring (bicyclic) bond motifs is 1. The normalized spacial score (nSPS) is 18.3. The van der Waals surface area contributed by atoms with Gasteiger partial charge in [-0.15, -0.1) is 0 Å². The molecule has 0 bridgehead atoms. The highest BCUT2D eigenvalue weighted by Crippen LogP contribution is 2.41. The molecule has 1 saturated heterocycles. The molecule has 0 saturated carbocycles. The van der Waals surface area contributed by atoms with Crippen molar-refractivity contribution in [2.75, 3.05) is 13.7 Å². The van der Waals surface area contributed by atoms with E-state index in [1.165, 1.54) is 12.1 Å². The van der Waals surface area contributed by atoms with Gasteiger partial charge in [0.2, 0.25) is 0 Å². The van der Waals surface area contributed by atoms with Crippen LogP contribution in [0, 0.1) is 5.82 Å². The molecule has 28 heavy (non-hydrogen) atoms. The van der Waals surface area contributed by atoms with Crippen molar-refractivity contribution in [2.45, 2.75) is 24.9 Å². The number of carboxylic acids is 1. The highest BCUT2D eigenvalue weighted by Gasteiger charge is 2.38. The van der Waals surface area contributed by atoms with E-state index in [4.69, 9.17) is 4.74 Å². The first-order valence-electron chi connectivity index (χ1n) is 9.40. The minimum Gasteiger partial charge on any atom is -0.496 e. The van der Waals surface area contributed by atoms with Gasteiger partial charge in [0.25, 0.3) is 0 Å². The van der Waals surface area contributed by atoms with E-state index in [2.05, 4.69) is 0 Å². The predicted molar refractivity (Wildman–Crippen MR) is 106 cm³/mol. The topological polar surface area (TPSA) is 49.8 Å². The van der Waals surface area contributed by atoms with Crippen molar-refractivity contribution in [3.8, 4) is 5.75 Å². The van der Waals surface area contributed by atoms with Crippen LogP contribution in [0.3, 0.4) is 0 Å². The lowest BCUT2D eigenvalue weighted by atomic mass is 9.91. The molecule has 3 aromatic carbocycles. The first-order chi connectivity index (χ1) is 13.6. The van der Waals surface area contributed by atoms with Crippen LogP contribution in [0.1, 0.15) is 30.0 Å². The number of rotatable bonds is 5. The lowest BCUT2D eigenvalue weighted by Gasteiger charge is -2.33. The van der Waals surface area contributed by atoms with E-state index < -0.39 is 18.1 Å². The second-order valence-corrected chi connectivity index (χ2v) is 7.09. The fraction of sp³-hybridized carbons (Fsp3) is 0.261. The Balaban J connectivity index is 1.97. The first-order valence-corrected chi connectivity index (χ1v) is 9.40. The number of benzene rings is 3. The number of ether oxygens (including phenoxy) is 1. The maximum Gasteiger partial charge on any atom is 0.320 e. The summed E-state index contributed by atoms with van der Waals surface area (Å²) in [6.45, 7) is 0.629. The third-order valence-corrected chi connectivity index (χ3v) is 5.52. The molecule has 0 spiro atoms. The van der Waals surface area contributed by atoms with Gasteiger partial charge in [0, 0.05) is 12.1 Å². The first kappa shape index (κ1) is 18.4. The van der Waals surface area contributed by atoms with E-state index in [-0.39, 0.29) is 5.82 Å². The van der Waals surface area contributed by atoms with Gasteiger partial charge in [-0.05, 0) is 47.4 Å². The lowest BCUT2D eigenvalue weighted by molar-refractivity contribution is -0.142. The van der Waals surface area contributed by atoms with Crippen LogP contribution in [-0.4, -0.2) is 35.7 Å². The Labute approximate surface area is 163 Å². The van der Waals surface area contributed by atoms with Crippen LogP contribution in [0.25, 0.3) is 10.8 Å². The van der Waals surface area contributed by atoms with Crippen LogP contribution >= 0.6 is 0 Å². The van der Waals surface area contributed by atoms with Crippen LogP contribution in [0.15, 0.2) is 60.7 Å². The molecule has 0 amide bonds. The molecule has 2 unspecified atom stereocenters. The van der Waals surface area contributed by atoms with Crippen molar-refractivity contribution in [1.82, 2.24) is 4.90 Å². The van der Waals surface area contributed by atoms with Crippen molar-refractivity contribution in [3.05, 3.63) is 77.6 Å². The summed E-state index contributed by atoms with van der Waals surface area (Å²) in [5, 5.41) is 11.9. The zero-order valence-electron chi connectivity index (χ0n) is 15.6. The molecule has 4 rings (SSSR count). The molecule has 1 heterocycles. The maximum atomic E-state index is 14.2. The molecular weight excluding hydrogens is 357 g/mol. The van der Waals surface area contributed by atoms with Crippen LogP contribution in [0.2, 0.25) is 0 Å². The summed E-state index contributed by atoms with van der Waals surface area (Å²) in [4.78, 5) is 13.9. The van der Waals surface area contributed by atoms with Gasteiger partial charge in [-0.1, -0.05) is 42.5 Å². The zero-order chi connectivity index (χ0) is 19.7. The molecule has 2 atom stereocenters. The summed E-state index contributed by atoms with van der Waals surface area (Å²) in [5.41, 5.74) is 1.60. The van der Waals surface area contributed by atoms with E-state index in [1.54, 1.807) is 13.2 Å². The van der Waals surface area contributed by atoms with Crippen molar-refractivity contribution < 1.29 is 19.0 Å². The fourth-order valence-corrected chi connectivity index (χ4v) is 4.30. The Hall–Kier alpha value is -2.92. The molecule has 3 aromatic rings. The molecule has 1 N–H and O–H groups in total. The largest absolute Gasteiger partial charge is 0.496 e. The monoisotopic (exact) mass is 379 g/mol. The standard InChI is InChI=1S/C23H22FNO3/c1-28-21-12-11-16(24)14-19(21)22(25-13-5-10-20(25)23(26)27)18-9-4-7-15-6-2-3-8-17(15)18/h2-4,6-9,11-12,14,20,22H,5,10,13H2,1H3,(H,26,27). The number of carboxylic acid groups (broad SMARTS) is 1. The van der Waals surface area contributed by atoms with Gasteiger partial charge in [-0.25, -0.2) is 4.39 Å². The van der Waals surface area contributed by atoms with E-state index >= 15 is 0 Å². The number of hydrogen-bond acceptors (Lipinski definition) is 3. The predicted octanol–water partition coefficient (Wildman–Crippen LogP) is 4.63. The van der Waals surface area contributed by atoms with Gasteiger partial charge >= 0.3 is 5.97 Å². The summed E-state index contributed by atoms with van der Waals surface area (Å²) in [6.07, 6.45) is 1.37. The smallest absolute Gasteiger partial charge is 0.320 e. The van der Waals surface area contributed by atoms with Crippen LogP contribution in [0.4, 0.5) is 4.39 Å². The number of hydrogen-bond donors (Lipinski definition) is 1. The quantitative estimate of drug-likeness (QED) is 0.702. The Kier molecular flexibility index (Phi) is 5.01. The Bertz CT molecular complexity index is 1010. The number of methoxy groups -OCH3 is 1. The SMILES string of the molecule is COc1ccc(F)cc1C(c1cccc2ccccc12)N1CCCC1C(=O)O. The molecule has 0 aromatic heterocycles. The van der Waals surface area contributed by atoms with Crippen molar-refractivity contribution >= 4 is 16.7 Å². The molecule has 0 radical (unpaired) electrons. The molecule has 1 aliphatic rings. The van der Waals surface area contributed by atoms with E-state index in [0.717, 1.165) is 22.8 Å². The number of aliphatic carboxylic acids is 1. The van der Waals surface area contributed by atoms with Crippen molar-refractivity contribution in [3.63, 3.8) is 0 Å². The molecular formula is C23H22FNO3. The minimum absolute atomic E-state index is 0.368. The van der Waals surface area contributed by atoms with Crippen LogP contribution < -0.4 is 4.74 Å². The number of halogens is 1. The second-order valence-electron chi connectivity index (χ2n) is 7.09. The molecule has 1 fully saturated rings. The van der Waals surface area contributed by atoms with Crippen LogP contribution in [0.5, 0.6) is 5.75 Å². The Morgan fingerprint density at radius 3 is 2.71 bits per heavy atom. The minimum atomic E-state index is -0.849. The van der Waals surface area contributed by atoms with Crippen LogP contribution in [-0.2, 0) is 4.79 Å². The number of carbonyl (C=O) groups is 1. The molecule has 4 nitrogen and oxygen atoms in total. The van der Waals surface area contributed by atoms with Gasteiger partial charge in [-0.2, -0.15) is 0 Å². The Morgan fingerprint density at radius 1 is 1.14 bits per heavy atom. The molecule has 0 aliphatic carbocycles. The summed E-state index contributed by atoms with van der Waals surface area (Å²) < 4.78 is 19.8. The van der Waals surface area contributed by atoms with Gasteiger partial charge < -0.3 is 9.84 Å². The zero-order valence-corrected chi connectivity index (χ0v) is 15.6. The maximum absolute atomic E-state index is 14.2. The van der Waals surface area contributed by atoms with E-state index in [9.17, 15) is 14.3 Å². The number of likely N-dealkylation sites (tertiary alicyclic amines) is 1. The van der Waals surface area contributed by atoms with Crippen molar-refractivity contribution in [2.24, 2.45) is 0 Å². The highest BCUT2D eigenvalue weighted by atomic mass is 19.1. The average molecular weight is 379 g/mol. The summed E-state index contributed by atoms with van der Waals surface area (Å²) >= 11 is 0. The molecule has 5 heteroatoms. The Morgan fingerprint density at radius 2 is 1.93 bits per heavy atom.